The van der Waals surface area contributed by atoms with Crippen molar-refractivity contribution < 1.29 is 6.51 Å². The van der Waals surface area contributed by atoms with Gasteiger partial charge in [0.1, 0.15) is 0 Å². The molecule has 2 aromatic rings. The minimum atomic E-state index is -3.52. The SMILES string of the molecule is CC(C)N[C@H](C)[C@@]12[CH]3[CH]4[CH]5[C]1(P(c1ccccc1)c1ccccc1)[Fe]45321678[CH]2[CH]1[CH]6[CH]7[CH]28. The number of fused-ring (bicyclic) bond motifs is 10. The fraction of sp³-hybridized carbons (Fsp3) is 0.556. The van der Waals surface area contributed by atoms with Crippen molar-refractivity contribution in [2.75, 3.05) is 0 Å². The molecule has 0 amide bonds. The van der Waals surface area contributed by atoms with Crippen LogP contribution in [0.2, 0.25) is 42.8 Å². The number of hydrogen-bond acceptors (Lipinski definition) is 1. The normalized spacial score (nSPS) is 76.4. The molecule has 6 atom stereocenters. The second-order valence-corrected chi connectivity index (χ2v) is 40.9. The third-order valence-electron chi connectivity index (χ3n) is 18.5. The maximum absolute atomic E-state index is 4.19. The second-order valence-electron chi connectivity index (χ2n) is 14.8. The fourth-order valence-electron chi connectivity index (χ4n) is 20.8. The molecule has 4 unspecified atom stereocenters. The van der Waals surface area contributed by atoms with Crippen molar-refractivity contribution in [1.29, 1.82) is 0 Å². The van der Waals surface area contributed by atoms with Crippen LogP contribution in [0.25, 0.3) is 0 Å². The van der Waals surface area contributed by atoms with Crippen molar-refractivity contribution in [1.82, 2.24) is 5.32 Å². The molecule has 10 saturated heterocycles. The Morgan fingerprint density at radius 3 is 1.63 bits per heavy atom. The van der Waals surface area contributed by atoms with Gasteiger partial charge in [-0.25, -0.2) is 0 Å². The van der Waals surface area contributed by atoms with E-state index in [1.807, 2.05) is 0 Å². The zero-order valence-electron chi connectivity index (χ0n) is 17.8. The molecular formula is C27H30FeNP. The number of benzene rings is 2. The molecule has 30 heavy (non-hydrogen) atoms. The average molecular weight is 455 g/mol. The maximum atomic E-state index is 4.19. The van der Waals surface area contributed by atoms with E-state index in [-0.39, 0.29) is 7.92 Å². The molecule has 12 rings (SSSR count). The van der Waals surface area contributed by atoms with E-state index >= 15 is 0 Å². The van der Waals surface area contributed by atoms with E-state index in [2.05, 4.69) is 86.8 Å². The minimum absolute atomic E-state index is 0.214. The molecule has 1 spiro atoms. The molecule has 10 aliphatic rings. The number of nitrogens with one attached hydrogen (secondary N) is 1. The van der Waals surface area contributed by atoms with Crippen LogP contribution in [0.4, 0.5) is 0 Å². The zero-order valence-corrected chi connectivity index (χ0v) is 19.8. The summed E-state index contributed by atoms with van der Waals surface area (Å²) in [5, 5.41) is 7.64. The Bertz CT molecular complexity index is 1560. The summed E-state index contributed by atoms with van der Waals surface area (Å²) in [5.74, 6) is 0. The van der Waals surface area contributed by atoms with Crippen LogP contribution in [0.15, 0.2) is 60.7 Å². The summed E-state index contributed by atoms with van der Waals surface area (Å²) in [6.07, 6.45) is 0. The van der Waals surface area contributed by atoms with E-state index in [0.29, 0.717) is 6.04 Å². The Hall–Kier alpha value is -0.651. The first-order chi connectivity index (χ1) is 14.4. The molecule has 0 bridgehead atoms. The fourth-order valence-corrected chi connectivity index (χ4v) is 113. The van der Waals surface area contributed by atoms with Crippen LogP contribution in [0.5, 0.6) is 0 Å². The van der Waals surface area contributed by atoms with Crippen LogP contribution >= 0.6 is 7.92 Å². The van der Waals surface area contributed by atoms with Gasteiger partial charge < -0.3 is 0 Å². The first kappa shape index (κ1) is 14.5. The Morgan fingerprint density at radius 2 is 1.23 bits per heavy atom. The van der Waals surface area contributed by atoms with Gasteiger partial charge in [0.05, 0.1) is 0 Å². The van der Waals surface area contributed by atoms with Crippen molar-refractivity contribution in [3.63, 3.8) is 0 Å². The molecule has 0 aliphatic carbocycles. The Kier molecular flexibility index (Phi) is 0.905. The summed E-state index contributed by atoms with van der Waals surface area (Å²) in [7, 11) is -0.214. The van der Waals surface area contributed by atoms with Gasteiger partial charge in [-0.15, -0.1) is 0 Å². The number of hydrogen-bond donors (Lipinski definition) is 1. The topological polar surface area (TPSA) is 12.0 Å². The van der Waals surface area contributed by atoms with Crippen molar-refractivity contribution in [2.45, 2.75) is 79.8 Å². The quantitative estimate of drug-likeness (QED) is 0.406. The molecule has 10 aliphatic heterocycles. The Morgan fingerprint density at radius 1 is 0.733 bits per heavy atom. The molecular weight excluding hydrogens is 425 g/mol. The average Bonchev–Trinajstić information content (AvgIpc) is 3.69. The van der Waals surface area contributed by atoms with Crippen LogP contribution in [-0.4, -0.2) is 16.1 Å². The van der Waals surface area contributed by atoms with Gasteiger partial charge in [-0.1, -0.05) is 0 Å². The van der Waals surface area contributed by atoms with Crippen molar-refractivity contribution >= 4 is 18.5 Å². The van der Waals surface area contributed by atoms with Crippen LogP contribution < -0.4 is 15.9 Å². The van der Waals surface area contributed by atoms with Gasteiger partial charge in [0.2, 0.25) is 0 Å². The summed E-state index contributed by atoms with van der Waals surface area (Å²) in [4.78, 5) is 10.7. The van der Waals surface area contributed by atoms with Crippen LogP contribution in [-0.2, 0) is 6.51 Å². The molecule has 156 valence electrons. The molecule has 10 heterocycles. The van der Waals surface area contributed by atoms with E-state index in [9.17, 15) is 0 Å². The van der Waals surface area contributed by atoms with Gasteiger partial charge in [-0.05, 0) is 0 Å². The molecule has 0 saturated carbocycles. The monoisotopic (exact) mass is 455 g/mol. The Balaban J connectivity index is 1.25. The van der Waals surface area contributed by atoms with Crippen LogP contribution in [0, 0.1) is 0 Å². The second kappa shape index (κ2) is 1.87. The summed E-state index contributed by atoms with van der Waals surface area (Å²) >= 11 is 0. The van der Waals surface area contributed by atoms with Gasteiger partial charge in [0.15, 0.2) is 0 Å². The first-order valence-corrected chi connectivity index (χ1v) is 19.8. The standard InChI is InChI=1S/C22H25NP.C5H5.Fe/c1-17(2)23-18(3)21-15-10-16-22(21)24(19-11-6-4-7-12-19)20-13-8-5-9-14-20;1-2-4-5-3-1;/h4-18,23H,1-3H3;1-5H;/t18-;;/m1../s1. The van der Waals surface area contributed by atoms with Gasteiger partial charge in [-0.2, -0.15) is 0 Å². The predicted molar refractivity (Wildman–Crippen MR) is 122 cm³/mol. The Labute approximate surface area is 170 Å². The molecule has 10 fully saturated rings. The first-order valence-electron chi connectivity index (χ1n) is 12.2. The molecule has 0 radical (unpaired) electrons. The van der Waals surface area contributed by atoms with E-state index in [0.717, 1.165) is 14.4 Å². The third-order valence-corrected chi connectivity index (χ3v) is 68.7. The van der Waals surface area contributed by atoms with Crippen LogP contribution in [0.3, 0.4) is 0 Å². The van der Waals surface area contributed by atoms with Gasteiger partial charge in [0.25, 0.3) is 0 Å². The number of rotatable bonds is 6. The summed E-state index contributed by atoms with van der Waals surface area (Å²) in [5.41, 5.74) is 0. The van der Waals surface area contributed by atoms with Crippen molar-refractivity contribution in [3.05, 3.63) is 60.7 Å². The van der Waals surface area contributed by atoms with Gasteiger partial charge >= 0.3 is 171 Å². The molecule has 3 heteroatoms. The van der Waals surface area contributed by atoms with Crippen molar-refractivity contribution in [3.8, 4) is 0 Å². The summed E-state index contributed by atoms with van der Waals surface area (Å²) in [6.45, 7) is 3.94. The predicted octanol–water partition coefficient (Wildman–Crippen LogP) is 6.17. The van der Waals surface area contributed by atoms with E-state index in [1.54, 1.807) is 10.6 Å². The van der Waals surface area contributed by atoms with Gasteiger partial charge in [-0.3, -0.25) is 0 Å². The van der Waals surface area contributed by atoms with Gasteiger partial charge in [0, 0.05) is 0 Å². The summed E-state index contributed by atoms with van der Waals surface area (Å²) in [6, 6.07) is 25.3. The zero-order chi connectivity index (χ0) is 19.6. The van der Waals surface area contributed by atoms with E-state index in [4.69, 9.17) is 0 Å². The summed E-state index contributed by atoms with van der Waals surface area (Å²) < 4.78 is 1.65. The third kappa shape index (κ3) is 0.268. The van der Waals surface area contributed by atoms with Crippen LogP contribution in [0.1, 0.15) is 20.8 Å². The molecule has 0 aromatic heterocycles. The molecule has 1 nitrogen and oxygen atoms in total. The van der Waals surface area contributed by atoms with E-state index in [1.165, 1.54) is 38.5 Å². The molecule has 2 aromatic carbocycles. The van der Waals surface area contributed by atoms with Crippen molar-refractivity contribution in [2.24, 2.45) is 0 Å². The molecule has 1 N–H and O–H groups in total. The van der Waals surface area contributed by atoms with E-state index < -0.39 is 6.51 Å².